The molecular weight excluding hydrogens is 234 g/mol. The summed E-state index contributed by atoms with van der Waals surface area (Å²) in [7, 11) is 3.86. The van der Waals surface area contributed by atoms with Crippen LogP contribution in [-0.4, -0.2) is 14.2 Å². The molecule has 0 heterocycles. The molecule has 1 aromatic rings. The van der Waals surface area contributed by atoms with Crippen LogP contribution in [0.2, 0.25) is 0 Å². The summed E-state index contributed by atoms with van der Waals surface area (Å²) in [6, 6.07) is 4.86. The molecule has 1 saturated carbocycles. The zero-order valence-electron chi connectivity index (χ0n) is 12.8. The lowest BCUT2D eigenvalue weighted by Crippen LogP contribution is -2.28. The molecular formula is C17H27NO. The normalized spacial score (nSPS) is 18.3. The Hall–Kier alpha value is -1.02. The summed E-state index contributed by atoms with van der Waals surface area (Å²) in [5.41, 5.74) is 3.99. The second-order valence-corrected chi connectivity index (χ2v) is 5.86. The van der Waals surface area contributed by atoms with Gasteiger partial charge in [0.2, 0.25) is 0 Å². The predicted molar refractivity (Wildman–Crippen MR) is 80.8 cm³/mol. The van der Waals surface area contributed by atoms with Crippen LogP contribution in [0.3, 0.4) is 0 Å². The SMILES string of the molecule is CNC(c1c(C)cc(C)cc1OC)C1CCCCC1. The van der Waals surface area contributed by atoms with E-state index in [1.807, 2.05) is 0 Å². The van der Waals surface area contributed by atoms with Crippen molar-refractivity contribution in [3.63, 3.8) is 0 Å². The smallest absolute Gasteiger partial charge is 0.124 e. The maximum absolute atomic E-state index is 5.64. The molecule has 1 aromatic carbocycles. The van der Waals surface area contributed by atoms with E-state index < -0.39 is 0 Å². The molecule has 2 nitrogen and oxygen atoms in total. The number of ether oxygens (including phenoxy) is 1. The maximum atomic E-state index is 5.64. The second kappa shape index (κ2) is 6.42. The highest BCUT2D eigenvalue weighted by molar-refractivity contribution is 5.45. The van der Waals surface area contributed by atoms with Crippen LogP contribution in [0.5, 0.6) is 5.75 Å². The Bertz CT molecular complexity index is 422. The van der Waals surface area contributed by atoms with Crippen LogP contribution >= 0.6 is 0 Å². The van der Waals surface area contributed by atoms with Crippen LogP contribution < -0.4 is 10.1 Å². The van der Waals surface area contributed by atoms with Crippen molar-refractivity contribution in [2.24, 2.45) is 5.92 Å². The Labute approximate surface area is 117 Å². The number of hydrogen-bond donors (Lipinski definition) is 1. The fourth-order valence-electron chi connectivity index (χ4n) is 3.59. The molecule has 1 aliphatic carbocycles. The molecule has 0 aliphatic heterocycles. The van der Waals surface area contributed by atoms with Crippen molar-refractivity contribution >= 4 is 0 Å². The number of aryl methyl sites for hydroxylation is 2. The monoisotopic (exact) mass is 261 g/mol. The molecule has 1 fully saturated rings. The van der Waals surface area contributed by atoms with E-state index >= 15 is 0 Å². The molecule has 0 amide bonds. The predicted octanol–water partition coefficient (Wildman–Crippen LogP) is 4.15. The van der Waals surface area contributed by atoms with Crippen molar-refractivity contribution < 1.29 is 4.74 Å². The van der Waals surface area contributed by atoms with Crippen LogP contribution in [0.15, 0.2) is 12.1 Å². The van der Waals surface area contributed by atoms with E-state index in [-0.39, 0.29) is 0 Å². The van der Waals surface area contributed by atoms with Crippen molar-refractivity contribution in [1.29, 1.82) is 0 Å². The molecule has 1 atom stereocenters. The topological polar surface area (TPSA) is 21.3 Å². The number of rotatable bonds is 4. The quantitative estimate of drug-likeness (QED) is 0.879. The van der Waals surface area contributed by atoms with Crippen molar-refractivity contribution in [3.8, 4) is 5.75 Å². The molecule has 19 heavy (non-hydrogen) atoms. The van der Waals surface area contributed by atoms with Gasteiger partial charge in [0.15, 0.2) is 0 Å². The summed E-state index contributed by atoms with van der Waals surface area (Å²) >= 11 is 0. The lowest BCUT2D eigenvalue weighted by molar-refractivity contribution is 0.274. The van der Waals surface area contributed by atoms with E-state index in [0.717, 1.165) is 11.7 Å². The summed E-state index contributed by atoms with van der Waals surface area (Å²) < 4.78 is 5.64. The maximum Gasteiger partial charge on any atom is 0.124 e. The van der Waals surface area contributed by atoms with Crippen LogP contribution in [0.25, 0.3) is 0 Å². The average Bonchev–Trinajstić information content (AvgIpc) is 2.42. The van der Waals surface area contributed by atoms with E-state index in [2.05, 4.69) is 38.3 Å². The molecule has 1 N–H and O–H groups in total. The average molecular weight is 261 g/mol. The minimum Gasteiger partial charge on any atom is -0.496 e. The van der Waals surface area contributed by atoms with Crippen LogP contribution in [-0.2, 0) is 0 Å². The van der Waals surface area contributed by atoms with Gasteiger partial charge in [0.05, 0.1) is 7.11 Å². The number of hydrogen-bond acceptors (Lipinski definition) is 2. The third kappa shape index (κ3) is 3.11. The summed E-state index contributed by atoms with van der Waals surface area (Å²) in [5.74, 6) is 1.79. The largest absolute Gasteiger partial charge is 0.496 e. The number of benzene rings is 1. The van der Waals surface area contributed by atoms with Gasteiger partial charge in [-0.05, 0) is 56.8 Å². The van der Waals surface area contributed by atoms with Gasteiger partial charge in [-0.25, -0.2) is 0 Å². The molecule has 1 unspecified atom stereocenters. The van der Waals surface area contributed by atoms with Gasteiger partial charge >= 0.3 is 0 Å². The van der Waals surface area contributed by atoms with Gasteiger partial charge < -0.3 is 10.1 Å². The Kier molecular flexibility index (Phi) is 4.87. The third-order valence-corrected chi connectivity index (χ3v) is 4.46. The van der Waals surface area contributed by atoms with Gasteiger partial charge in [0.25, 0.3) is 0 Å². The highest BCUT2D eigenvalue weighted by Crippen LogP contribution is 2.39. The molecule has 0 saturated heterocycles. The summed E-state index contributed by atoms with van der Waals surface area (Å²) in [4.78, 5) is 0. The first-order chi connectivity index (χ1) is 9.17. The van der Waals surface area contributed by atoms with Crippen LogP contribution in [0.4, 0.5) is 0 Å². The first-order valence-electron chi connectivity index (χ1n) is 7.49. The lowest BCUT2D eigenvalue weighted by atomic mass is 9.79. The van der Waals surface area contributed by atoms with Crippen molar-refractivity contribution in [3.05, 3.63) is 28.8 Å². The van der Waals surface area contributed by atoms with Gasteiger partial charge in [-0.15, -0.1) is 0 Å². The Morgan fingerprint density at radius 3 is 2.42 bits per heavy atom. The van der Waals surface area contributed by atoms with Gasteiger partial charge in [-0.1, -0.05) is 25.3 Å². The molecule has 0 radical (unpaired) electrons. The standard InChI is InChI=1S/C17H27NO/c1-12-10-13(2)16(15(11-12)19-4)17(18-3)14-8-6-5-7-9-14/h10-11,14,17-18H,5-9H2,1-4H3. The van der Waals surface area contributed by atoms with Crippen molar-refractivity contribution in [2.45, 2.75) is 52.0 Å². The van der Waals surface area contributed by atoms with Gasteiger partial charge in [0.1, 0.15) is 5.75 Å². The van der Waals surface area contributed by atoms with Crippen LogP contribution in [0, 0.1) is 19.8 Å². The fraction of sp³-hybridized carbons (Fsp3) is 0.647. The van der Waals surface area contributed by atoms with E-state index in [1.165, 1.54) is 48.8 Å². The van der Waals surface area contributed by atoms with E-state index in [4.69, 9.17) is 4.74 Å². The first-order valence-corrected chi connectivity index (χ1v) is 7.49. The number of methoxy groups -OCH3 is 1. The Morgan fingerprint density at radius 2 is 1.84 bits per heavy atom. The van der Waals surface area contributed by atoms with Gasteiger partial charge in [-0.3, -0.25) is 0 Å². The van der Waals surface area contributed by atoms with Gasteiger partial charge in [-0.2, -0.15) is 0 Å². The van der Waals surface area contributed by atoms with Gasteiger partial charge in [0, 0.05) is 11.6 Å². The molecule has 2 heteroatoms. The Morgan fingerprint density at radius 1 is 1.16 bits per heavy atom. The molecule has 2 rings (SSSR count). The van der Waals surface area contributed by atoms with Crippen LogP contribution in [0.1, 0.15) is 54.8 Å². The second-order valence-electron chi connectivity index (χ2n) is 5.86. The zero-order valence-corrected chi connectivity index (χ0v) is 12.8. The fourth-order valence-corrected chi connectivity index (χ4v) is 3.59. The molecule has 106 valence electrons. The first kappa shape index (κ1) is 14.4. The highest BCUT2D eigenvalue weighted by Gasteiger charge is 2.27. The zero-order chi connectivity index (χ0) is 13.8. The van der Waals surface area contributed by atoms with E-state index in [0.29, 0.717) is 6.04 Å². The van der Waals surface area contributed by atoms with E-state index in [9.17, 15) is 0 Å². The molecule has 1 aliphatic rings. The summed E-state index contributed by atoms with van der Waals surface area (Å²) in [5, 5.41) is 3.54. The van der Waals surface area contributed by atoms with Crippen molar-refractivity contribution in [2.75, 3.05) is 14.2 Å². The minimum absolute atomic E-state index is 0.427. The summed E-state index contributed by atoms with van der Waals surface area (Å²) in [6.07, 6.45) is 6.81. The minimum atomic E-state index is 0.427. The lowest BCUT2D eigenvalue weighted by Gasteiger charge is -2.32. The highest BCUT2D eigenvalue weighted by atomic mass is 16.5. The summed E-state index contributed by atoms with van der Waals surface area (Å²) in [6.45, 7) is 4.34. The molecule has 0 aromatic heterocycles. The van der Waals surface area contributed by atoms with E-state index in [1.54, 1.807) is 7.11 Å². The van der Waals surface area contributed by atoms with Crippen molar-refractivity contribution in [1.82, 2.24) is 5.32 Å². The molecule has 0 spiro atoms. The number of nitrogens with one attached hydrogen (secondary N) is 1. The molecule has 0 bridgehead atoms. The Balaban J connectivity index is 2.36. The third-order valence-electron chi connectivity index (χ3n) is 4.46.